The van der Waals surface area contributed by atoms with Crippen molar-refractivity contribution in [2.75, 3.05) is 44.3 Å². The van der Waals surface area contributed by atoms with E-state index in [4.69, 9.17) is 11.6 Å². The van der Waals surface area contributed by atoms with Crippen LogP contribution in [-0.4, -0.2) is 56.2 Å². The Morgan fingerprint density at radius 2 is 1.67 bits per heavy atom. The molecule has 3 aromatic carbocycles. The van der Waals surface area contributed by atoms with E-state index < -0.39 is 0 Å². The maximum atomic E-state index is 12.7. The Kier molecular flexibility index (Phi) is 6.11. The molecule has 1 amide bonds. The lowest BCUT2D eigenvalue weighted by Gasteiger charge is -2.47. The molecule has 0 bridgehead atoms. The van der Waals surface area contributed by atoms with Crippen LogP contribution in [0.5, 0.6) is 0 Å². The Morgan fingerprint density at radius 3 is 2.42 bits per heavy atom. The van der Waals surface area contributed by atoms with E-state index in [0.29, 0.717) is 11.2 Å². The zero-order valence-electron chi connectivity index (χ0n) is 19.0. The van der Waals surface area contributed by atoms with Crippen LogP contribution in [0.2, 0.25) is 5.02 Å². The molecule has 2 heterocycles. The molecule has 1 fully saturated rings. The van der Waals surface area contributed by atoms with Crippen LogP contribution in [0.3, 0.4) is 0 Å². The van der Waals surface area contributed by atoms with Gasteiger partial charge >= 0.3 is 0 Å². The molecule has 5 rings (SSSR count). The number of hydrogen-bond donors (Lipinski definition) is 1. The molecule has 0 radical (unpaired) electrons. The highest BCUT2D eigenvalue weighted by Crippen LogP contribution is 2.41. The summed E-state index contributed by atoms with van der Waals surface area (Å²) < 4.78 is 0.622. The van der Waals surface area contributed by atoms with Crippen LogP contribution >= 0.6 is 11.6 Å². The number of piperazine rings is 1. The van der Waals surface area contributed by atoms with Crippen molar-refractivity contribution in [2.45, 2.75) is 13.0 Å². The average Bonchev–Trinajstić information content (AvgIpc) is 2.86. The van der Waals surface area contributed by atoms with Gasteiger partial charge in [-0.2, -0.15) is 0 Å². The van der Waals surface area contributed by atoms with Crippen molar-refractivity contribution in [3.8, 4) is 0 Å². The van der Waals surface area contributed by atoms with E-state index in [1.54, 1.807) is 0 Å². The molecule has 170 valence electrons. The van der Waals surface area contributed by atoms with Crippen LogP contribution in [-0.2, 0) is 0 Å². The molecule has 2 atom stereocenters. The summed E-state index contributed by atoms with van der Waals surface area (Å²) in [4.78, 5) is 17.6. The summed E-state index contributed by atoms with van der Waals surface area (Å²) in [5, 5.41) is 3.95. The minimum Gasteiger partial charge on any atom is -0.369 e. The molecule has 2 aliphatic rings. The first kappa shape index (κ1) is 22.0. The molecule has 0 saturated carbocycles. The molecule has 33 heavy (non-hydrogen) atoms. The average molecular weight is 462 g/mol. The van der Waals surface area contributed by atoms with E-state index in [1.165, 1.54) is 11.4 Å². The number of nitrogens with one attached hydrogen (secondary N) is 1. The number of rotatable bonds is 5. The highest BCUT2D eigenvalue weighted by atomic mass is 35.5. The molecule has 5 nitrogen and oxygen atoms in total. The van der Waals surface area contributed by atoms with Crippen molar-refractivity contribution in [1.82, 2.24) is 14.7 Å². The fourth-order valence-electron chi connectivity index (χ4n) is 5.34. The maximum absolute atomic E-state index is 12.7. The lowest BCUT2D eigenvalue weighted by atomic mass is 10.0. The number of carbonyl (C=O) groups excluding carboxylic acids is 1. The second-order valence-corrected chi connectivity index (χ2v) is 9.44. The number of benzene rings is 3. The zero-order chi connectivity index (χ0) is 22.8. The molecule has 2 aliphatic heterocycles. The largest absolute Gasteiger partial charge is 0.369 e. The number of anilines is 1. The number of nitrogens with zero attached hydrogens (tertiary/aromatic N) is 3. The maximum Gasteiger partial charge on any atom is 0.261 e. The summed E-state index contributed by atoms with van der Waals surface area (Å²) in [6, 6.07) is 27.0. The molecule has 0 aliphatic carbocycles. The lowest BCUT2D eigenvalue weighted by molar-refractivity contribution is 0.0893. The molecule has 0 spiro atoms. The summed E-state index contributed by atoms with van der Waals surface area (Å²) in [5.41, 5.74) is 4.24. The number of hydrogen-bond acceptors (Lipinski definition) is 3. The number of fused-ring (bicyclic) bond motifs is 1. The molecule has 1 saturated heterocycles. The summed E-state index contributed by atoms with van der Waals surface area (Å²) in [5.74, 6) is 0.0117. The van der Waals surface area contributed by atoms with Crippen LogP contribution in [0.15, 0.2) is 78.9 Å². The van der Waals surface area contributed by atoms with Crippen LogP contribution in [0.4, 0.5) is 17.1 Å². The first-order valence-electron chi connectivity index (χ1n) is 11.6. The Morgan fingerprint density at radius 1 is 0.939 bits per heavy atom. The van der Waals surface area contributed by atoms with Gasteiger partial charge in [-0.15, -0.1) is 0 Å². The number of amides is 1. The zero-order valence-corrected chi connectivity index (χ0v) is 19.7. The minimum atomic E-state index is 0.0117. The van der Waals surface area contributed by atoms with Gasteiger partial charge in [0, 0.05) is 43.0 Å². The van der Waals surface area contributed by atoms with Crippen molar-refractivity contribution in [3.63, 3.8) is 0 Å². The Bertz CT molecular complexity index is 1130. The highest BCUT2D eigenvalue weighted by Gasteiger charge is 2.45. The topological polar surface area (TPSA) is 35.6 Å². The van der Waals surface area contributed by atoms with E-state index in [2.05, 4.69) is 58.4 Å². The third kappa shape index (κ3) is 4.12. The SMILES string of the molecule is CC(CN1CCN(c2cccc(Cl)c2)CC1)[N+]1(c2ccccc2)CNC(=O)c2ccccc21. The number of halogens is 1. The van der Waals surface area contributed by atoms with Gasteiger partial charge in [0.1, 0.15) is 17.3 Å². The van der Waals surface area contributed by atoms with Crippen LogP contribution in [0, 0.1) is 0 Å². The molecular formula is C27H30ClN4O+. The first-order chi connectivity index (χ1) is 16.1. The first-order valence-corrected chi connectivity index (χ1v) is 12.0. The predicted octanol–water partition coefficient (Wildman–Crippen LogP) is 4.89. The number of quaternary nitrogens is 1. The van der Waals surface area contributed by atoms with E-state index in [1.807, 2.05) is 42.5 Å². The Labute approximate surface area is 200 Å². The second-order valence-electron chi connectivity index (χ2n) is 9.00. The van der Waals surface area contributed by atoms with Gasteiger partial charge in [-0.25, -0.2) is 4.48 Å². The predicted molar refractivity (Wildman–Crippen MR) is 136 cm³/mol. The number of carbonyl (C=O) groups is 1. The molecule has 0 aromatic heterocycles. The minimum absolute atomic E-state index is 0.0117. The molecular weight excluding hydrogens is 432 g/mol. The fraction of sp³-hybridized carbons (Fsp3) is 0.296. The molecule has 2 unspecified atom stereocenters. The van der Waals surface area contributed by atoms with Gasteiger partial charge in [0.05, 0.1) is 6.54 Å². The lowest BCUT2D eigenvalue weighted by Crippen LogP contribution is -2.63. The fourth-order valence-corrected chi connectivity index (χ4v) is 5.52. The van der Waals surface area contributed by atoms with E-state index in [0.717, 1.165) is 49.0 Å². The normalized spacial score (nSPS) is 21.9. The smallest absolute Gasteiger partial charge is 0.261 e. The molecule has 6 heteroatoms. The van der Waals surface area contributed by atoms with Crippen LogP contribution < -0.4 is 14.7 Å². The van der Waals surface area contributed by atoms with Gasteiger partial charge in [-0.3, -0.25) is 9.69 Å². The summed E-state index contributed by atoms with van der Waals surface area (Å²) >= 11 is 6.20. The van der Waals surface area contributed by atoms with Gasteiger partial charge in [-0.1, -0.05) is 48.0 Å². The van der Waals surface area contributed by atoms with E-state index in [-0.39, 0.29) is 11.9 Å². The van der Waals surface area contributed by atoms with Crippen molar-refractivity contribution >= 4 is 34.6 Å². The van der Waals surface area contributed by atoms with Gasteiger partial charge in [0.15, 0.2) is 12.4 Å². The van der Waals surface area contributed by atoms with Gasteiger partial charge in [0.25, 0.3) is 5.91 Å². The van der Waals surface area contributed by atoms with Gasteiger partial charge in [-0.05, 0) is 43.3 Å². The van der Waals surface area contributed by atoms with Gasteiger partial charge in [0.2, 0.25) is 0 Å². The second kappa shape index (κ2) is 9.18. The third-order valence-corrected chi connectivity index (χ3v) is 7.34. The van der Waals surface area contributed by atoms with Crippen molar-refractivity contribution in [2.24, 2.45) is 0 Å². The summed E-state index contributed by atoms with van der Waals surface area (Å²) in [7, 11) is 0. The summed E-state index contributed by atoms with van der Waals surface area (Å²) in [6.45, 7) is 7.77. The Hall–Kier alpha value is -2.86. The molecule has 1 N–H and O–H groups in total. The highest BCUT2D eigenvalue weighted by molar-refractivity contribution is 6.30. The van der Waals surface area contributed by atoms with E-state index >= 15 is 0 Å². The quantitative estimate of drug-likeness (QED) is 0.549. The third-order valence-electron chi connectivity index (χ3n) is 7.11. The van der Waals surface area contributed by atoms with Crippen LogP contribution in [0.1, 0.15) is 17.3 Å². The standard InChI is InChI=1S/C27H29ClN4O/c1-21(19-30-14-16-31(17-15-30)23-9-7-8-22(28)18-23)32(24-10-3-2-4-11-24)20-29-27(33)25-12-5-6-13-26(25)32/h2-13,18,21H,14-17,19-20H2,1H3/p+1. The van der Waals surface area contributed by atoms with Crippen molar-refractivity contribution < 1.29 is 4.79 Å². The Balaban J connectivity index is 1.39. The van der Waals surface area contributed by atoms with Crippen LogP contribution in [0.25, 0.3) is 0 Å². The number of para-hydroxylation sites is 2. The monoisotopic (exact) mass is 461 g/mol. The van der Waals surface area contributed by atoms with Crippen molar-refractivity contribution in [1.29, 1.82) is 0 Å². The summed E-state index contributed by atoms with van der Waals surface area (Å²) in [6.07, 6.45) is 0. The van der Waals surface area contributed by atoms with E-state index in [9.17, 15) is 4.79 Å². The molecule has 3 aromatic rings. The van der Waals surface area contributed by atoms with Crippen molar-refractivity contribution in [3.05, 3.63) is 89.4 Å². The van der Waals surface area contributed by atoms with Gasteiger partial charge < -0.3 is 10.2 Å².